The van der Waals surface area contributed by atoms with Crippen molar-refractivity contribution in [2.75, 3.05) is 19.8 Å². The van der Waals surface area contributed by atoms with Crippen LogP contribution in [0.25, 0.3) is 0 Å². The standard InChI is InChI=1S/C15H21O5/c1-3-5-10-18-14-8-6-13(7-9-14)15(16)20-19-12-11-17-4-2/h6-9,12H,3-5,10-11H2,1-2H3. The molecule has 0 N–H and O–H groups in total. The Morgan fingerprint density at radius 1 is 1.20 bits per heavy atom. The van der Waals surface area contributed by atoms with Crippen LogP contribution in [-0.4, -0.2) is 25.8 Å². The first-order valence-corrected chi connectivity index (χ1v) is 6.77. The van der Waals surface area contributed by atoms with Crippen LogP contribution >= 0.6 is 0 Å². The second-order valence-corrected chi connectivity index (χ2v) is 4.02. The van der Waals surface area contributed by atoms with Gasteiger partial charge in [0.05, 0.1) is 18.8 Å². The van der Waals surface area contributed by atoms with Crippen LogP contribution in [0.4, 0.5) is 0 Å². The van der Waals surface area contributed by atoms with Gasteiger partial charge in [0.25, 0.3) is 0 Å². The number of rotatable bonds is 10. The van der Waals surface area contributed by atoms with E-state index in [1.54, 1.807) is 24.3 Å². The normalized spacial score (nSPS) is 10.3. The minimum Gasteiger partial charge on any atom is -0.494 e. The van der Waals surface area contributed by atoms with E-state index in [9.17, 15) is 4.79 Å². The van der Waals surface area contributed by atoms with Crippen molar-refractivity contribution in [1.82, 2.24) is 0 Å². The summed E-state index contributed by atoms with van der Waals surface area (Å²) in [6.07, 6.45) is 2.09. The molecule has 0 aliphatic heterocycles. The van der Waals surface area contributed by atoms with Gasteiger partial charge in [0.1, 0.15) is 5.75 Å². The van der Waals surface area contributed by atoms with E-state index in [1.165, 1.54) is 6.61 Å². The van der Waals surface area contributed by atoms with Gasteiger partial charge in [0, 0.05) is 6.61 Å². The summed E-state index contributed by atoms with van der Waals surface area (Å²) < 4.78 is 10.5. The molecule has 1 rings (SSSR count). The van der Waals surface area contributed by atoms with Gasteiger partial charge in [-0.05, 0) is 37.6 Å². The molecule has 0 aliphatic rings. The number of benzene rings is 1. The molecular formula is C15H21O5. The third-order valence-electron chi connectivity index (χ3n) is 2.44. The number of carbonyl (C=O) groups is 1. The topological polar surface area (TPSA) is 54.0 Å². The molecule has 1 radical (unpaired) electrons. The van der Waals surface area contributed by atoms with Gasteiger partial charge in [0.15, 0.2) is 6.61 Å². The number of unbranched alkanes of at least 4 members (excludes halogenated alkanes) is 1. The molecule has 5 nitrogen and oxygen atoms in total. The van der Waals surface area contributed by atoms with Crippen molar-refractivity contribution in [2.24, 2.45) is 0 Å². The van der Waals surface area contributed by atoms with Gasteiger partial charge in [-0.2, -0.15) is 4.89 Å². The van der Waals surface area contributed by atoms with E-state index in [1.807, 2.05) is 6.92 Å². The van der Waals surface area contributed by atoms with Crippen molar-refractivity contribution in [3.63, 3.8) is 0 Å². The summed E-state index contributed by atoms with van der Waals surface area (Å²) in [7, 11) is 0. The highest BCUT2D eigenvalue weighted by atomic mass is 17.2. The Morgan fingerprint density at radius 2 is 1.95 bits per heavy atom. The van der Waals surface area contributed by atoms with E-state index in [4.69, 9.17) is 9.47 Å². The zero-order chi connectivity index (χ0) is 14.6. The largest absolute Gasteiger partial charge is 0.494 e. The molecule has 0 aromatic heterocycles. The minimum atomic E-state index is -0.558. The van der Waals surface area contributed by atoms with Crippen LogP contribution in [0.15, 0.2) is 24.3 Å². The molecule has 0 aliphatic carbocycles. The van der Waals surface area contributed by atoms with Crippen molar-refractivity contribution in [3.8, 4) is 5.75 Å². The molecule has 0 amide bonds. The molecule has 0 atom stereocenters. The molecular weight excluding hydrogens is 260 g/mol. The third kappa shape index (κ3) is 6.54. The average Bonchev–Trinajstić information content (AvgIpc) is 2.48. The van der Waals surface area contributed by atoms with E-state index in [-0.39, 0.29) is 6.61 Å². The summed E-state index contributed by atoms with van der Waals surface area (Å²) in [5, 5.41) is 0. The highest BCUT2D eigenvalue weighted by molar-refractivity contribution is 5.89. The summed E-state index contributed by atoms with van der Waals surface area (Å²) in [6, 6.07) is 6.73. The lowest BCUT2D eigenvalue weighted by Gasteiger charge is -2.06. The summed E-state index contributed by atoms with van der Waals surface area (Å²) in [4.78, 5) is 20.8. The van der Waals surface area contributed by atoms with E-state index in [2.05, 4.69) is 16.7 Å². The fourth-order valence-electron chi connectivity index (χ4n) is 1.34. The third-order valence-corrected chi connectivity index (χ3v) is 2.44. The first-order chi connectivity index (χ1) is 9.77. The predicted octanol–water partition coefficient (Wildman–Crippen LogP) is 3.15. The minimum absolute atomic E-state index is 0.272. The molecule has 0 bridgehead atoms. The van der Waals surface area contributed by atoms with Crippen molar-refractivity contribution in [3.05, 3.63) is 36.4 Å². The van der Waals surface area contributed by atoms with Gasteiger partial charge in [-0.3, -0.25) is 4.89 Å². The van der Waals surface area contributed by atoms with E-state index < -0.39 is 5.97 Å². The first-order valence-electron chi connectivity index (χ1n) is 6.77. The lowest BCUT2D eigenvalue weighted by atomic mass is 10.2. The SMILES string of the molecule is CCCCOc1ccc(C(=O)OO[CH]COCC)cc1. The Bertz CT molecular complexity index is 374. The van der Waals surface area contributed by atoms with Gasteiger partial charge in [-0.25, -0.2) is 4.79 Å². The summed E-state index contributed by atoms with van der Waals surface area (Å²) in [5.74, 6) is 0.177. The molecule has 0 saturated heterocycles. The number of hydrogen-bond acceptors (Lipinski definition) is 5. The van der Waals surface area contributed by atoms with E-state index >= 15 is 0 Å². The Hall–Kier alpha value is -1.59. The molecule has 0 heterocycles. The van der Waals surface area contributed by atoms with E-state index in [0.717, 1.165) is 18.6 Å². The Balaban J connectivity index is 2.30. The van der Waals surface area contributed by atoms with Crippen LogP contribution < -0.4 is 4.74 Å². The van der Waals surface area contributed by atoms with Crippen LogP contribution in [0.2, 0.25) is 0 Å². The van der Waals surface area contributed by atoms with E-state index in [0.29, 0.717) is 18.8 Å². The van der Waals surface area contributed by atoms with Crippen molar-refractivity contribution >= 4 is 5.97 Å². The zero-order valence-electron chi connectivity index (χ0n) is 12.0. The fourth-order valence-corrected chi connectivity index (χ4v) is 1.34. The molecule has 0 unspecified atom stereocenters. The summed E-state index contributed by atoms with van der Waals surface area (Å²) in [5.41, 5.74) is 0.401. The molecule has 1 aromatic rings. The molecule has 0 spiro atoms. The van der Waals surface area contributed by atoms with Gasteiger partial charge in [-0.15, -0.1) is 0 Å². The number of carbonyl (C=O) groups excluding carboxylic acids is 1. The first kappa shape index (κ1) is 16.5. The summed E-state index contributed by atoms with van der Waals surface area (Å²) >= 11 is 0. The maximum Gasteiger partial charge on any atom is 0.373 e. The zero-order valence-corrected chi connectivity index (χ0v) is 12.0. The van der Waals surface area contributed by atoms with Crippen molar-refractivity contribution in [1.29, 1.82) is 0 Å². The Labute approximate surface area is 119 Å². The lowest BCUT2D eigenvalue weighted by Crippen LogP contribution is -2.07. The monoisotopic (exact) mass is 281 g/mol. The quantitative estimate of drug-likeness (QED) is 0.374. The van der Waals surface area contributed by atoms with Gasteiger partial charge < -0.3 is 9.47 Å². The molecule has 20 heavy (non-hydrogen) atoms. The number of ether oxygens (including phenoxy) is 2. The van der Waals surface area contributed by atoms with Crippen LogP contribution in [0.1, 0.15) is 37.0 Å². The second-order valence-electron chi connectivity index (χ2n) is 4.02. The van der Waals surface area contributed by atoms with Crippen LogP contribution in [0, 0.1) is 6.61 Å². The molecule has 5 heteroatoms. The average molecular weight is 281 g/mol. The van der Waals surface area contributed by atoms with Crippen LogP contribution in [0.5, 0.6) is 5.75 Å². The lowest BCUT2D eigenvalue weighted by molar-refractivity contribution is -0.218. The van der Waals surface area contributed by atoms with Gasteiger partial charge >= 0.3 is 5.97 Å². The highest BCUT2D eigenvalue weighted by Gasteiger charge is 2.08. The molecule has 111 valence electrons. The molecule has 0 saturated carbocycles. The maximum absolute atomic E-state index is 11.6. The van der Waals surface area contributed by atoms with Crippen LogP contribution in [0.3, 0.4) is 0 Å². The molecule has 1 aromatic carbocycles. The maximum atomic E-state index is 11.6. The number of hydrogen-bond donors (Lipinski definition) is 0. The second kappa shape index (κ2) is 10.2. The highest BCUT2D eigenvalue weighted by Crippen LogP contribution is 2.13. The summed E-state index contributed by atoms with van der Waals surface area (Å²) in [6.45, 7) is 6.77. The van der Waals surface area contributed by atoms with Crippen LogP contribution in [-0.2, 0) is 14.5 Å². The predicted molar refractivity (Wildman–Crippen MR) is 74.1 cm³/mol. The Kier molecular flexibility index (Phi) is 8.42. The Morgan fingerprint density at radius 3 is 2.60 bits per heavy atom. The molecule has 0 fully saturated rings. The van der Waals surface area contributed by atoms with Gasteiger partial charge in [0.2, 0.25) is 0 Å². The smallest absolute Gasteiger partial charge is 0.373 e. The van der Waals surface area contributed by atoms with Crippen molar-refractivity contribution < 1.29 is 24.0 Å². The van der Waals surface area contributed by atoms with Crippen molar-refractivity contribution in [2.45, 2.75) is 26.7 Å². The fraction of sp³-hybridized carbons (Fsp3) is 0.467. The van der Waals surface area contributed by atoms with Gasteiger partial charge in [-0.1, -0.05) is 13.3 Å².